The van der Waals surface area contributed by atoms with Crippen LogP contribution in [0.3, 0.4) is 0 Å². The van der Waals surface area contributed by atoms with E-state index in [1.165, 1.54) is 0 Å². The summed E-state index contributed by atoms with van der Waals surface area (Å²) in [4.78, 5) is 38.8. The van der Waals surface area contributed by atoms with E-state index in [0.29, 0.717) is 12.8 Å². The van der Waals surface area contributed by atoms with E-state index in [9.17, 15) is 14.4 Å². The van der Waals surface area contributed by atoms with Crippen LogP contribution in [0.1, 0.15) is 25.3 Å². The van der Waals surface area contributed by atoms with Crippen molar-refractivity contribution in [3.63, 3.8) is 0 Å². The van der Waals surface area contributed by atoms with E-state index in [-0.39, 0.29) is 30.3 Å². The SMILES string of the molecule is C[C@@H](C(=O)OCc1ccc(-c2ccccc2)cc1)N1C(=O)[C@H]2CC=CC[C@@H]2C1=O. The lowest BCUT2D eigenvalue weighted by atomic mass is 9.85. The zero-order valence-corrected chi connectivity index (χ0v) is 16.3. The molecule has 148 valence electrons. The number of hydrogen-bond acceptors (Lipinski definition) is 4. The fourth-order valence-electron chi connectivity index (χ4n) is 4.01. The van der Waals surface area contributed by atoms with E-state index < -0.39 is 12.0 Å². The Hall–Kier alpha value is -3.21. The monoisotopic (exact) mass is 389 g/mol. The molecular formula is C24H23NO4. The average molecular weight is 389 g/mol. The number of likely N-dealkylation sites (tertiary alicyclic amines) is 1. The summed E-state index contributed by atoms with van der Waals surface area (Å²) in [6, 6.07) is 16.9. The summed E-state index contributed by atoms with van der Waals surface area (Å²) in [5, 5.41) is 0. The molecule has 0 saturated carbocycles. The Morgan fingerprint density at radius 1 is 0.931 bits per heavy atom. The summed E-state index contributed by atoms with van der Waals surface area (Å²) < 4.78 is 5.40. The first kappa shape index (κ1) is 19.1. The third kappa shape index (κ3) is 3.73. The first-order chi connectivity index (χ1) is 14.1. The molecule has 2 aliphatic rings. The number of benzene rings is 2. The lowest BCUT2D eigenvalue weighted by Crippen LogP contribution is -2.44. The highest BCUT2D eigenvalue weighted by Crippen LogP contribution is 2.36. The smallest absolute Gasteiger partial charge is 0.329 e. The second-order valence-electron chi connectivity index (χ2n) is 7.55. The van der Waals surface area contributed by atoms with Gasteiger partial charge in [0, 0.05) is 0 Å². The normalized spacial score (nSPS) is 21.8. The third-order valence-electron chi connectivity index (χ3n) is 5.71. The molecule has 0 aromatic heterocycles. The van der Waals surface area contributed by atoms with Gasteiger partial charge in [-0.25, -0.2) is 4.79 Å². The van der Waals surface area contributed by atoms with Crippen molar-refractivity contribution in [2.45, 2.75) is 32.4 Å². The van der Waals surface area contributed by atoms with Crippen LogP contribution in [0.4, 0.5) is 0 Å². The highest BCUT2D eigenvalue weighted by molar-refractivity contribution is 6.08. The number of rotatable bonds is 5. The Balaban J connectivity index is 1.37. The number of esters is 1. The highest BCUT2D eigenvalue weighted by Gasteiger charge is 2.50. The standard InChI is InChI=1S/C24H23NO4/c1-16(25-22(26)20-9-5-6-10-21(20)23(25)27)24(28)29-15-17-11-13-19(14-12-17)18-7-3-2-4-8-18/h2-8,11-14,16,20-21H,9-10,15H2,1H3/t16-,20-,21-/m0/s1. The molecule has 4 rings (SSSR count). The van der Waals surface area contributed by atoms with Gasteiger partial charge >= 0.3 is 5.97 Å². The topological polar surface area (TPSA) is 63.7 Å². The number of amides is 2. The van der Waals surface area contributed by atoms with Crippen LogP contribution in [0.5, 0.6) is 0 Å². The van der Waals surface area contributed by atoms with Crippen molar-refractivity contribution >= 4 is 17.8 Å². The van der Waals surface area contributed by atoms with Crippen LogP contribution >= 0.6 is 0 Å². The summed E-state index contributed by atoms with van der Waals surface area (Å²) >= 11 is 0. The molecule has 5 heteroatoms. The quantitative estimate of drug-likeness (QED) is 0.444. The average Bonchev–Trinajstić information content (AvgIpc) is 3.03. The number of imide groups is 1. The van der Waals surface area contributed by atoms with Gasteiger partial charge < -0.3 is 4.74 Å². The maximum atomic E-state index is 12.6. The molecule has 3 atom stereocenters. The summed E-state index contributed by atoms with van der Waals surface area (Å²) in [5.74, 6) is -1.77. The lowest BCUT2D eigenvalue weighted by Gasteiger charge is -2.21. The Bertz CT molecular complexity index is 923. The third-order valence-corrected chi connectivity index (χ3v) is 5.71. The molecule has 1 saturated heterocycles. The minimum atomic E-state index is -0.913. The second kappa shape index (κ2) is 8.03. The van der Waals surface area contributed by atoms with Crippen molar-refractivity contribution in [3.8, 4) is 11.1 Å². The van der Waals surface area contributed by atoms with E-state index in [1.54, 1.807) is 6.92 Å². The van der Waals surface area contributed by atoms with Crippen LogP contribution in [0.25, 0.3) is 11.1 Å². The Labute approximate surface area is 170 Å². The number of fused-ring (bicyclic) bond motifs is 1. The molecular weight excluding hydrogens is 366 g/mol. The summed E-state index contributed by atoms with van der Waals surface area (Å²) in [6.07, 6.45) is 4.97. The van der Waals surface area contributed by atoms with Crippen LogP contribution < -0.4 is 0 Å². The zero-order valence-electron chi connectivity index (χ0n) is 16.3. The molecule has 0 bridgehead atoms. The molecule has 0 unspecified atom stereocenters. The molecule has 2 aromatic carbocycles. The fourth-order valence-corrected chi connectivity index (χ4v) is 4.01. The van der Waals surface area contributed by atoms with Gasteiger partial charge in [0.1, 0.15) is 12.6 Å². The van der Waals surface area contributed by atoms with Crippen molar-refractivity contribution in [2.24, 2.45) is 11.8 Å². The van der Waals surface area contributed by atoms with Gasteiger partial charge in [0.05, 0.1) is 11.8 Å². The van der Waals surface area contributed by atoms with Gasteiger partial charge in [-0.1, -0.05) is 66.7 Å². The van der Waals surface area contributed by atoms with Gasteiger partial charge in [0.15, 0.2) is 0 Å². The summed E-state index contributed by atoms with van der Waals surface area (Å²) in [6.45, 7) is 1.66. The van der Waals surface area contributed by atoms with E-state index in [1.807, 2.05) is 66.7 Å². The van der Waals surface area contributed by atoms with Crippen LogP contribution in [-0.2, 0) is 25.7 Å². The molecule has 2 amide bonds. The molecule has 0 N–H and O–H groups in total. The van der Waals surface area contributed by atoms with Crippen LogP contribution in [-0.4, -0.2) is 28.7 Å². The fraction of sp³-hybridized carbons (Fsp3) is 0.292. The van der Waals surface area contributed by atoms with E-state index in [4.69, 9.17) is 4.74 Å². The maximum absolute atomic E-state index is 12.6. The Kier molecular flexibility index (Phi) is 5.30. The number of hydrogen-bond donors (Lipinski definition) is 0. The van der Waals surface area contributed by atoms with Crippen LogP contribution in [0.2, 0.25) is 0 Å². The number of ether oxygens (including phenoxy) is 1. The van der Waals surface area contributed by atoms with Gasteiger partial charge in [-0.05, 0) is 36.5 Å². The molecule has 29 heavy (non-hydrogen) atoms. The van der Waals surface area contributed by atoms with Gasteiger partial charge in [-0.15, -0.1) is 0 Å². The number of allylic oxidation sites excluding steroid dienone is 2. The van der Waals surface area contributed by atoms with Crippen molar-refractivity contribution in [1.82, 2.24) is 4.90 Å². The molecule has 5 nitrogen and oxygen atoms in total. The van der Waals surface area contributed by atoms with Gasteiger partial charge in [0.25, 0.3) is 0 Å². The van der Waals surface area contributed by atoms with Crippen LogP contribution in [0, 0.1) is 11.8 Å². The predicted molar refractivity (Wildman–Crippen MR) is 108 cm³/mol. The van der Waals surface area contributed by atoms with E-state index in [2.05, 4.69) is 0 Å². The molecule has 0 radical (unpaired) electrons. The molecule has 1 fully saturated rings. The summed E-state index contributed by atoms with van der Waals surface area (Å²) in [5.41, 5.74) is 3.05. The first-order valence-corrected chi connectivity index (χ1v) is 9.89. The summed E-state index contributed by atoms with van der Waals surface area (Å²) in [7, 11) is 0. The molecule has 1 heterocycles. The van der Waals surface area contributed by atoms with E-state index in [0.717, 1.165) is 21.6 Å². The minimum Gasteiger partial charge on any atom is -0.459 e. The van der Waals surface area contributed by atoms with Gasteiger partial charge in [0.2, 0.25) is 11.8 Å². The number of carbonyl (C=O) groups is 3. The van der Waals surface area contributed by atoms with Crippen molar-refractivity contribution in [1.29, 1.82) is 0 Å². The maximum Gasteiger partial charge on any atom is 0.329 e. The van der Waals surface area contributed by atoms with Gasteiger partial charge in [-0.2, -0.15) is 0 Å². The first-order valence-electron chi connectivity index (χ1n) is 9.89. The molecule has 1 aliphatic heterocycles. The molecule has 1 aliphatic carbocycles. The molecule has 0 spiro atoms. The minimum absolute atomic E-state index is 0.100. The Morgan fingerprint density at radius 3 is 2.07 bits per heavy atom. The zero-order chi connectivity index (χ0) is 20.4. The number of carbonyl (C=O) groups excluding carboxylic acids is 3. The predicted octanol–water partition coefficient (Wildman–Crippen LogP) is 3.74. The van der Waals surface area contributed by atoms with Crippen LogP contribution in [0.15, 0.2) is 66.7 Å². The number of nitrogens with zero attached hydrogens (tertiary/aromatic N) is 1. The van der Waals surface area contributed by atoms with Crippen molar-refractivity contribution < 1.29 is 19.1 Å². The van der Waals surface area contributed by atoms with Gasteiger partial charge in [-0.3, -0.25) is 14.5 Å². The second-order valence-corrected chi connectivity index (χ2v) is 7.55. The molecule has 2 aromatic rings. The van der Waals surface area contributed by atoms with Crippen molar-refractivity contribution in [2.75, 3.05) is 0 Å². The largest absolute Gasteiger partial charge is 0.459 e. The van der Waals surface area contributed by atoms with E-state index >= 15 is 0 Å². The Morgan fingerprint density at radius 2 is 1.48 bits per heavy atom. The van der Waals surface area contributed by atoms with Crippen molar-refractivity contribution in [3.05, 3.63) is 72.3 Å². The highest BCUT2D eigenvalue weighted by atomic mass is 16.5. The lowest BCUT2D eigenvalue weighted by molar-refractivity contribution is -0.159.